The van der Waals surface area contributed by atoms with Crippen LogP contribution in [0.15, 0.2) is 6.20 Å². The lowest BCUT2D eigenvalue weighted by Gasteiger charge is -2.56. The predicted molar refractivity (Wildman–Crippen MR) is 76.9 cm³/mol. The number of nitrogens with zero attached hydrogens (tertiary/aromatic N) is 1. The molecule has 0 unspecified atom stereocenters. The van der Waals surface area contributed by atoms with Gasteiger partial charge >= 0.3 is 0 Å². The summed E-state index contributed by atoms with van der Waals surface area (Å²) >= 11 is 0. The highest BCUT2D eigenvalue weighted by Crippen LogP contribution is 2.61. The molecule has 4 fully saturated rings. The van der Waals surface area contributed by atoms with Gasteiger partial charge in [-0.3, -0.25) is 9.89 Å². The van der Waals surface area contributed by atoms with E-state index in [9.17, 15) is 4.79 Å². The highest BCUT2D eigenvalue weighted by Gasteiger charge is 2.51. The van der Waals surface area contributed by atoms with Gasteiger partial charge in [0.15, 0.2) is 5.82 Å². The minimum atomic E-state index is 0.0860. The summed E-state index contributed by atoms with van der Waals surface area (Å²) in [6, 6.07) is 0. The van der Waals surface area contributed by atoms with Crippen molar-refractivity contribution in [2.75, 3.05) is 11.1 Å². The van der Waals surface area contributed by atoms with Crippen molar-refractivity contribution in [2.45, 2.75) is 44.9 Å². The van der Waals surface area contributed by atoms with Crippen LogP contribution in [-0.2, 0) is 4.79 Å². The van der Waals surface area contributed by atoms with Crippen molar-refractivity contribution in [1.82, 2.24) is 10.2 Å². The molecule has 0 spiro atoms. The topological polar surface area (TPSA) is 83.8 Å². The summed E-state index contributed by atoms with van der Waals surface area (Å²) in [6.45, 7) is 0. The van der Waals surface area contributed by atoms with Gasteiger partial charge in [0.25, 0.3) is 0 Å². The first-order chi connectivity index (χ1) is 9.62. The maximum absolute atomic E-state index is 12.3. The zero-order chi connectivity index (χ0) is 13.7. The zero-order valence-corrected chi connectivity index (χ0v) is 11.7. The van der Waals surface area contributed by atoms with Gasteiger partial charge in [0.05, 0.1) is 11.9 Å². The van der Waals surface area contributed by atoms with E-state index in [2.05, 4.69) is 15.5 Å². The summed E-state index contributed by atoms with van der Waals surface area (Å²) < 4.78 is 0. The quantitative estimate of drug-likeness (QED) is 0.792. The Balaban J connectivity index is 1.46. The normalized spacial score (nSPS) is 38.1. The van der Waals surface area contributed by atoms with Crippen molar-refractivity contribution in [3.8, 4) is 0 Å². The van der Waals surface area contributed by atoms with Crippen LogP contribution in [0.5, 0.6) is 0 Å². The lowest BCUT2D eigenvalue weighted by molar-refractivity contribution is -0.124. The number of nitrogens with two attached hydrogens (primary N) is 1. The largest absolute Gasteiger partial charge is 0.394 e. The zero-order valence-electron chi connectivity index (χ0n) is 11.7. The highest BCUT2D eigenvalue weighted by molar-refractivity contribution is 5.92. The molecule has 0 saturated heterocycles. The van der Waals surface area contributed by atoms with E-state index in [1.54, 1.807) is 0 Å². The average molecular weight is 274 g/mol. The summed E-state index contributed by atoms with van der Waals surface area (Å²) in [4.78, 5) is 12.3. The van der Waals surface area contributed by atoms with Crippen molar-refractivity contribution in [1.29, 1.82) is 0 Å². The van der Waals surface area contributed by atoms with E-state index < -0.39 is 0 Å². The second-order valence-corrected chi connectivity index (χ2v) is 7.34. The summed E-state index contributed by atoms with van der Waals surface area (Å²) in [5, 5.41) is 9.46. The summed E-state index contributed by atoms with van der Waals surface area (Å²) in [5.74, 6) is 3.27. The number of anilines is 2. The Morgan fingerprint density at radius 2 is 1.90 bits per heavy atom. The van der Waals surface area contributed by atoms with Crippen LogP contribution in [0.2, 0.25) is 0 Å². The van der Waals surface area contributed by atoms with E-state index in [-0.39, 0.29) is 11.3 Å². The van der Waals surface area contributed by atoms with Gasteiger partial charge in [0, 0.05) is 6.42 Å². The minimum Gasteiger partial charge on any atom is -0.394 e. The monoisotopic (exact) mass is 274 g/mol. The molecule has 1 amide bonds. The highest BCUT2D eigenvalue weighted by atomic mass is 16.1. The molecular weight excluding hydrogens is 252 g/mol. The summed E-state index contributed by atoms with van der Waals surface area (Å²) in [5.41, 5.74) is 6.52. The van der Waals surface area contributed by atoms with Gasteiger partial charge in [0.2, 0.25) is 5.91 Å². The third kappa shape index (κ3) is 2.00. The van der Waals surface area contributed by atoms with Crippen LogP contribution in [-0.4, -0.2) is 16.1 Å². The molecule has 5 rings (SSSR count). The number of nitrogens with one attached hydrogen (secondary N) is 2. The Kier molecular flexibility index (Phi) is 2.59. The number of nitrogen functional groups attached to an aromatic ring is 1. The molecule has 4 N–H and O–H groups in total. The van der Waals surface area contributed by atoms with E-state index >= 15 is 0 Å². The van der Waals surface area contributed by atoms with Crippen LogP contribution in [0.1, 0.15) is 44.9 Å². The van der Waals surface area contributed by atoms with Crippen LogP contribution in [0, 0.1) is 23.2 Å². The standard InChI is InChI=1S/C15H22N4O/c16-12-8-17-19-14(12)18-13(20)7-15-4-9-1-10(5-15)3-11(2-9)6-15/h8-11H,1-7,16H2,(H2,17,18,19,20). The molecule has 20 heavy (non-hydrogen) atoms. The molecule has 4 aliphatic rings. The maximum atomic E-state index is 12.3. The van der Waals surface area contributed by atoms with E-state index in [0.29, 0.717) is 17.9 Å². The first kappa shape index (κ1) is 12.2. The van der Waals surface area contributed by atoms with Crippen LogP contribution in [0.25, 0.3) is 0 Å². The lowest BCUT2D eigenvalue weighted by Crippen LogP contribution is -2.47. The van der Waals surface area contributed by atoms with Crippen molar-refractivity contribution in [2.24, 2.45) is 23.2 Å². The molecule has 4 bridgehead atoms. The van der Waals surface area contributed by atoms with Gasteiger partial charge < -0.3 is 11.1 Å². The number of hydrogen-bond acceptors (Lipinski definition) is 3. The molecule has 5 nitrogen and oxygen atoms in total. The van der Waals surface area contributed by atoms with E-state index in [1.165, 1.54) is 44.7 Å². The molecule has 1 aromatic rings. The summed E-state index contributed by atoms with van der Waals surface area (Å²) in [7, 11) is 0. The van der Waals surface area contributed by atoms with Crippen molar-refractivity contribution in [3.05, 3.63) is 6.20 Å². The minimum absolute atomic E-state index is 0.0860. The molecule has 5 heteroatoms. The third-order valence-corrected chi connectivity index (χ3v) is 5.63. The second kappa shape index (κ2) is 4.24. The van der Waals surface area contributed by atoms with Gasteiger partial charge in [-0.1, -0.05) is 0 Å². The number of carbonyl (C=O) groups excluding carboxylic acids is 1. The fourth-order valence-electron chi connectivity index (χ4n) is 5.43. The van der Waals surface area contributed by atoms with Crippen LogP contribution >= 0.6 is 0 Å². The molecule has 4 saturated carbocycles. The smallest absolute Gasteiger partial charge is 0.226 e. The van der Waals surface area contributed by atoms with Crippen LogP contribution in [0.4, 0.5) is 11.5 Å². The first-order valence-corrected chi connectivity index (χ1v) is 7.71. The van der Waals surface area contributed by atoms with Gasteiger partial charge in [0.1, 0.15) is 0 Å². The van der Waals surface area contributed by atoms with Crippen molar-refractivity contribution < 1.29 is 4.79 Å². The number of rotatable bonds is 3. The van der Waals surface area contributed by atoms with Crippen molar-refractivity contribution in [3.63, 3.8) is 0 Å². The molecule has 0 radical (unpaired) electrons. The predicted octanol–water partition coefficient (Wildman–Crippen LogP) is 2.54. The van der Waals surface area contributed by atoms with Crippen molar-refractivity contribution >= 4 is 17.4 Å². The van der Waals surface area contributed by atoms with Gasteiger partial charge in [-0.05, 0) is 61.7 Å². The van der Waals surface area contributed by atoms with Gasteiger partial charge in [-0.25, -0.2) is 0 Å². The Morgan fingerprint density at radius 1 is 1.30 bits per heavy atom. The molecule has 0 aromatic carbocycles. The number of amides is 1. The van der Waals surface area contributed by atoms with Crippen LogP contribution < -0.4 is 11.1 Å². The molecule has 4 aliphatic carbocycles. The molecule has 0 aliphatic heterocycles. The SMILES string of the molecule is Nc1cn[nH]c1NC(=O)CC12CC3CC(CC(C3)C1)C2. The Bertz CT molecular complexity index is 500. The van der Waals surface area contributed by atoms with E-state index in [1.807, 2.05) is 0 Å². The molecule has 108 valence electrons. The second-order valence-electron chi connectivity index (χ2n) is 7.34. The van der Waals surface area contributed by atoms with E-state index in [4.69, 9.17) is 5.73 Å². The van der Waals surface area contributed by atoms with Crippen LogP contribution in [0.3, 0.4) is 0 Å². The Hall–Kier alpha value is -1.52. The number of hydrogen-bond donors (Lipinski definition) is 3. The number of aromatic amines is 1. The Labute approximate surface area is 118 Å². The lowest BCUT2D eigenvalue weighted by atomic mass is 9.49. The fraction of sp³-hybridized carbons (Fsp3) is 0.733. The molecule has 1 heterocycles. The first-order valence-electron chi connectivity index (χ1n) is 7.71. The Morgan fingerprint density at radius 3 is 2.40 bits per heavy atom. The maximum Gasteiger partial charge on any atom is 0.226 e. The molecular formula is C15H22N4O. The summed E-state index contributed by atoms with van der Waals surface area (Å²) in [6.07, 6.45) is 10.2. The number of carbonyl (C=O) groups is 1. The van der Waals surface area contributed by atoms with Gasteiger partial charge in [-0.15, -0.1) is 0 Å². The third-order valence-electron chi connectivity index (χ3n) is 5.63. The number of H-pyrrole nitrogens is 1. The molecule has 0 atom stereocenters. The average Bonchev–Trinajstić information content (AvgIpc) is 2.72. The van der Waals surface area contributed by atoms with Gasteiger partial charge in [-0.2, -0.15) is 5.10 Å². The molecule has 1 aromatic heterocycles. The van der Waals surface area contributed by atoms with E-state index in [0.717, 1.165) is 17.8 Å². The number of aromatic nitrogens is 2. The fourth-order valence-corrected chi connectivity index (χ4v) is 5.43.